The first-order valence-corrected chi connectivity index (χ1v) is 4.97. The summed E-state index contributed by atoms with van der Waals surface area (Å²) in [7, 11) is 0. The Balaban J connectivity index is 2.23. The van der Waals surface area contributed by atoms with E-state index in [9.17, 15) is 0 Å². The third-order valence-corrected chi connectivity index (χ3v) is 2.45. The van der Waals surface area contributed by atoms with Crippen LogP contribution in [0.25, 0.3) is 0 Å². The van der Waals surface area contributed by atoms with Crippen LogP contribution >= 0.6 is 0 Å². The maximum atomic E-state index is 5.88. The SMILES string of the molecule is CCn1ncc(N)c1N1CCOCC1. The van der Waals surface area contributed by atoms with Crippen molar-refractivity contribution >= 4 is 11.5 Å². The highest BCUT2D eigenvalue weighted by Crippen LogP contribution is 2.23. The smallest absolute Gasteiger partial charge is 0.150 e. The van der Waals surface area contributed by atoms with Gasteiger partial charge in [-0.25, -0.2) is 4.68 Å². The van der Waals surface area contributed by atoms with Gasteiger partial charge in [0, 0.05) is 19.6 Å². The van der Waals surface area contributed by atoms with Crippen LogP contribution in [0, 0.1) is 0 Å². The van der Waals surface area contributed by atoms with Crippen molar-refractivity contribution < 1.29 is 4.74 Å². The molecule has 78 valence electrons. The van der Waals surface area contributed by atoms with Gasteiger partial charge in [-0.3, -0.25) is 0 Å². The molecule has 0 atom stereocenters. The second kappa shape index (κ2) is 3.88. The maximum absolute atomic E-state index is 5.88. The van der Waals surface area contributed by atoms with E-state index in [4.69, 9.17) is 10.5 Å². The molecule has 1 aliphatic rings. The molecule has 0 unspecified atom stereocenters. The molecule has 1 aromatic heterocycles. The second-order valence-corrected chi connectivity index (χ2v) is 3.34. The molecule has 1 aliphatic heterocycles. The summed E-state index contributed by atoms with van der Waals surface area (Å²) >= 11 is 0. The average Bonchev–Trinajstić information content (AvgIpc) is 2.61. The number of nitrogen functional groups attached to an aromatic ring is 1. The summed E-state index contributed by atoms with van der Waals surface area (Å²) in [5.74, 6) is 1.04. The lowest BCUT2D eigenvalue weighted by Crippen LogP contribution is -2.38. The Hall–Kier alpha value is -1.23. The number of nitrogens with zero attached hydrogens (tertiary/aromatic N) is 3. The third-order valence-electron chi connectivity index (χ3n) is 2.45. The van der Waals surface area contributed by atoms with Crippen molar-refractivity contribution in [2.45, 2.75) is 13.5 Å². The summed E-state index contributed by atoms with van der Waals surface area (Å²) in [5.41, 5.74) is 6.64. The first-order chi connectivity index (χ1) is 6.83. The number of ether oxygens (including phenoxy) is 1. The average molecular weight is 196 g/mol. The van der Waals surface area contributed by atoms with Crippen molar-refractivity contribution in [3.05, 3.63) is 6.20 Å². The molecule has 0 aliphatic carbocycles. The number of aryl methyl sites for hydroxylation is 1. The van der Waals surface area contributed by atoms with Gasteiger partial charge in [0.05, 0.1) is 25.1 Å². The summed E-state index contributed by atoms with van der Waals surface area (Å²) in [6.07, 6.45) is 1.72. The lowest BCUT2D eigenvalue weighted by molar-refractivity contribution is 0.122. The zero-order valence-electron chi connectivity index (χ0n) is 8.44. The van der Waals surface area contributed by atoms with Crippen LogP contribution in [-0.4, -0.2) is 36.1 Å². The molecule has 0 bridgehead atoms. The van der Waals surface area contributed by atoms with Crippen molar-refractivity contribution in [2.24, 2.45) is 0 Å². The Morgan fingerprint density at radius 1 is 1.50 bits per heavy atom. The molecule has 2 rings (SSSR count). The Bertz CT molecular complexity index is 304. The van der Waals surface area contributed by atoms with E-state index in [-0.39, 0.29) is 0 Å². The van der Waals surface area contributed by atoms with Gasteiger partial charge in [0.1, 0.15) is 0 Å². The highest BCUT2D eigenvalue weighted by molar-refractivity contribution is 5.62. The predicted molar refractivity (Wildman–Crippen MR) is 55.3 cm³/mol. The summed E-state index contributed by atoms with van der Waals surface area (Å²) in [4.78, 5) is 2.23. The fourth-order valence-electron chi connectivity index (χ4n) is 1.75. The van der Waals surface area contributed by atoms with Crippen molar-refractivity contribution in [1.82, 2.24) is 9.78 Å². The zero-order chi connectivity index (χ0) is 9.97. The number of aromatic nitrogens is 2. The zero-order valence-corrected chi connectivity index (χ0v) is 8.44. The molecule has 5 nitrogen and oxygen atoms in total. The van der Waals surface area contributed by atoms with Gasteiger partial charge in [0.25, 0.3) is 0 Å². The molecule has 2 N–H and O–H groups in total. The van der Waals surface area contributed by atoms with Crippen LogP contribution in [0.4, 0.5) is 11.5 Å². The van der Waals surface area contributed by atoms with Gasteiger partial charge >= 0.3 is 0 Å². The highest BCUT2D eigenvalue weighted by Gasteiger charge is 2.17. The van der Waals surface area contributed by atoms with E-state index in [1.54, 1.807) is 6.20 Å². The van der Waals surface area contributed by atoms with E-state index < -0.39 is 0 Å². The van der Waals surface area contributed by atoms with Crippen LogP contribution in [0.1, 0.15) is 6.92 Å². The Kier molecular flexibility index (Phi) is 2.58. The number of anilines is 2. The van der Waals surface area contributed by atoms with Crippen molar-refractivity contribution in [3.63, 3.8) is 0 Å². The lowest BCUT2D eigenvalue weighted by Gasteiger charge is -2.29. The van der Waals surface area contributed by atoms with E-state index in [1.807, 2.05) is 4.68 Å². The van der Waals surface area contributed by atoms with Crippen LogP contribution in [0.3, 0.4) is 0 Å². The van der Waals surface area contributed by atoms with Gasteiger partial charge < -0.3 is 15.4 Å². The van der Waals surface area contributed by atoms with E-state index in [0.29, 0.717) is 0 Å². The van der Waals surface area contributed by atoms with Gasteiger partial charge in [-0.1, -0.05) is 0 Å². The first kappa shape index (κ1) is 9.33. The molecule has 14 heavy (non-hydrogen) atoms. The fourth-order valence-corrected chi connectivity index (χ4v) is 1.75. The predicted octanol–water partition coefficient (Wildman–Crippen LogP) is 0.322. The number of morpholine rings is 1. The molecule has 1 aromatic rings. The van der Waals surface area contributed by atoms with Crippen molar-refractivity contribution in [3.8, 4) is 0 Å². The number of rotatable bonds is 2. The van der Waals surface area contributed by atoms with Gasteiger partial charge in [0.15, 0.2) is 5.82 Å². The van der Waals surface area contributed by atoms with E-state index in [2.05, 4.69) is 16.9 Å². The molecular formula is C9H16N4O. The van der Waals surface area contributed by atoms with E-state index >= 15 is 0 Å². The Morgan fingerprint density at radius 2 is 2.21 bits per heavy atom. The van der Waals surface area contributed by atoms with Gasteiger partial charge in [0.2, 0.25) is 0 Å². The minimum absolute atomic E-state index is 0.758. The largest absolute Gasteiger partial charge is 0.394 e. The van der Waals surface area contributed by atoms with Crippen molar-refractivity contribution in [2.75, 3.05) is 36.9 Å². The molecule has 0 saturated carbocycles. The van der Waals surface area contributed by atoms with Crippen LogP contribution in [0.15, 0.2) is 6.20 Å². The summed E-state index contributed by atoms with van der Waals surface area (Å²) in [5, 5.41) is 4.22. The maximum Gasteiger partial charge on any atom is 0.150 e. The molecule has 2 heterocycles. The van der Waals surface area contributed by atoms with Crippen LogP contribution < -0.4 is 10.6 Å². The lowest BCUT2D eigenvalue weighted by atomic mass is 10.4. The standard InChI is InChI=1S/C9H16N4O/c1-2-13-9(8(10)7-11-13)12-3-5-14-6-4-12/h7H,2-6,10H2,1H3. The summed E-state index contributed by atoms with van der Waals surface area (Å²) < 4.78 is 7.23. The van der Waals surface area contributed by atoms with Crippen molar-refractivity contribution in [1.29, 1.82) is 0 Å². The second-order valence-electron chi connectivity index (χ2n) is 3.34. The van der Waals surface area contributed by atoms with Gasteiger partial charge in [-0.05, 0) is 6.92 Å². The van der Waals surface area contributed by atoms with Gasteiger partial charge in [-0.15, -0.1) is 0 Å². The molecule has 0 radical (unpaired) electrons. The van der Waals surface area contributed by atoms with Crippen LogP contribution in [0.5, 0.6) is 0 Å². The summed E-state index contributed by atoms with van der Waals surface area (Å²) in [6.45, 7) is 6.26. The number of nitrogens with two attached hydrogens (primary N) is 1. The summed E-state index contributed by atoms with van der Waals surface area (Å²) in [6, 6.07) is 0. The quantitative estimate of drug-likeness (QED) is 0.740. The number of hydrogen-bond donors (Lipinski definition) is 1. The van der Waals surface area contributed by atoms with E-state index in [1.165, 1.54) is 0 Å². The normalized spacial score (nSPS) is 17.4. The Labute approximate surface area is 83.4 Å². The minimum atomic E-state index is 0.758. The molecule has 5 heteroatoms. The molecule has 0 amide bonds. The molecule has 0 spiro atoms. The Morgan fingerprint density at radius 3 is 2.86 bits per heavy atom. The third kappa shape index (κ3) is 1.55. The highest BCUT2D eigenvalue weighted by atomic mass is 16.5. The number of hydrogen-bond acceptors (Lipinski definition) is 4. The van der Waals surface area contributed by atoms with E-state index in [0.717, 1.165) is 44.4 Å². The topological polar surface area (TPSA) is 56.3 Å². The molecule has 1 saturated heterocycles. The van der Waals surface area contributed by atoms with Crippen LogP contribution in [-0.2, 0) is 11.3 Å². The molecule has 1 fully saturated rings. The minimum Gasteiger partial charge on any atom is -0.394 e. The van der Waals surface area contributed by atoms with Gasteiger partial charge in [-0.2, -0.15) is 5.10 Å². The van der Waals surface area contributed by atoms with Crippen LogP contribution in [0.2, 0.25) is 0 Å². The fraction of sp³-hybridized carbons (Fsp3) is 0.667. The molecular weight excluding hydrogens is 180 g/mol. The monoisotopic (exact) mass is 196 g/mol. The first-order valence-electron chi connectivity index (χ1n) is 4.97. The molecule has 0 aromatic carbocycles.